The lowest BCUT2D eigenvalue weighted by Crippen LogP contribution is -2.37. The van der Waals surface area contributed by atoms with E-state index in [0.717, 1.165) is 31.2 Å². The molecular weight excluding hydrogens is 432 g/mol. The number of amides is 3. The van der Waals surface area contributed by atoms with Crippen LogP contribution in [0, 0.1) is 11.8 Å². The van der Waals surface area contributed by atoms with Crippen molar-refractivity contribution in [2.75, 3.05) is 13.1 Å². The molecule has 1 fully saturated rings. The fraction of sp³-hybridized carbons (Fsp3) is 0.462. The van der Waals surface area contributed by atoms with Crippen LogP contribution in [0.5, 0.6) is 0 Å². The standard InChI is InChI=1S/C26H34N4O4/c1-26(2,3)34-25(33)30-16-18-6-4-17(5-7-18)15-29-24(32)21-12-13-28-22(14-21)19-8-10-20(11-9-19)23(27)31/h8-14,17-18H,4-7,15-16H2,1-3H3,(H2,27,31)(H,29,32)(H,30,33)/t17-,18-. The second-order valence-corrected chi connectivity index (χ2v) is 9.85. The molecule has 0 saturated heterocycles. The van der Waals surface area contributed by atoms with Gasteiger partial charge < -0.3 is 21.1 Å². The average molecular weight is 467 g/mol. The predicted molar refractivity (Wildman–Crippen MR) is 130 cm³/mol. The van der Waals surface area contributed by atoms with Crippen molar-refractivity contribution in [3.63, 3.8) is 0 Å². The first-order valence-electron chi connectivity index (χ1n) is 11.7. The quantitative estimate of drug-likeness (QED) is 0.571. The number of aromatic nitrogens is 1. The number of alkyl carbamates (subject to hydrolysis) is 1. The Morgan fingerprint density at radius 3 is 2.09 bits per heavy atom. The van der Waals surface area contributed by atoms with E-state index < -0.39 is 11.5 Å². The van der Waals surface area contributed by atoms with Crippen LogP contribution < -0.4 is 16.4 Å². The largest absolute Gasteiger partial charge is 0.444 e. The summed E-state index contributed by atoms with van der Waals surface area (Å²) in [6, 6.07) is 10.3. The summed E-state index contributed by atoms with van der Waals surface area (Å²) in [5.74, 6) is 0.236. The van der Waals surface area contributed by atoms with Crippen molar-refractivity contribution in [2.45, 2.75) is 52.1 Å². The number of ether oxygens (including phenoxy) is 1. The maximum Gasteiger partial charge on any atom is 0.407 e. The van der Waals surface area contributed by atoms with Crippen LogP contribution in [0.25, 0.3) is 11.3 Å². The highest BCUT2D eigenvalue weighted by molar-refractivity contribution is 5.95. The van der Waals surface area contributed by atoms with Gasteiger partial charge in [-0.25, -0.2) is 4.79 Å². The number of hydrogen-bond acceptors (Lipinski definition) is 5. The van der Waals surface area contributed by atoms with Crippen LogP contribution in [-0.4, -0.2) is 41.6 Å². The molecule has 1 aliphatic rings. The van der Waals surface area contributed by atoms with Crippen molar-refractivity contribution < 1.29 is 19.1 Å². The molecule has 4 N–H and O–H groups in total. The third-order valence-electron chi connectivity index (χ3n) is 5.94. The molecule has 8 heteroatoms. The zero-order chi connectivity index (χ0) is 24.7. The number of pyridine rings is 1. The Morgan fingerprint density at radius 2 is 1.53 bits per heavy atom. The molecule has 0 unspecified atom stereocenters. The molecule has 1 heterocycles. The summed E-state index contributed by atoms with van der Waals surface area (Å²) in [4.78, 5) is 40.1. The maximum atomic E-state index is 12.7. The Hall–Kier alpha value is -3.42. The third kappa shape index (κ3) is 7.57. The topological polar surface area (TPSA) is 123 Å². The van der Waals surface area contributed by atoms with E-state index >= 15 is 0 Å². The fourth-order valence-electron chi connectivity index (χ4n) is 4.06. The zero-order valence-electron chi connectivity index (χ0n) is 20.1. The molecule has 0 radical (unpaired) electrons. The van der Waals surface area contributed by atoms with Crippen LogP contribution >= 0.6 is 0 Å². The predicted octanol–water partition coefficient (Wildman–Crippen LogP) is 3.91. The molecule has 2 aromatic rings. The van der Waals surface area contributed by atoms with Gasteiger partial charge in [0.15, 0.2) is 0 Å². The minimum absolute atomic E-state index is 0.133. The van der Waals surface area contributed by atoms with Gasteiger partial charge >= 0.3 is 6.09 Å². The van der Waals surface area contributed by atoms with Crippen LogP contribution in [0.15, 0.2) is 42.6 Å². The molecule has 1 saturated carbocycles. The van der Waals surface area contributed by atoms with E-state index in [0.29, 0.717) is 41.7 Å². The molecule has 0 atom stereocenters. The van der Waals surface area contributed by atoms with Crippen molar-refractivity contribution in [1.82, 2.24) is 15.6 Å². The molecule has 3 rings (SSSR count). The molecule has 0 spiro atoms. The monoisotopic (exact) mass is 466 g/mol. The first-order valence-corrected chi connectivity index (χ1v) is 11.7. The Labute approximate surface area is 200 Å². The van der Waals surface area contributed by atoms with E-state index in [4.69, 9.17) is 10.5 Å². The lowest BCUT2D eigenvalue weighted by Gasteiger charge is -2.29. The number of rotatable bonds is 7. The van der Waals surface area contributed by atoms with E-state index in [-0.39, 0.29) is 12.0 Å². The Morgan fingerprint density at radius 1 is 0.941 bits per heavy atom. The highest BCUT2D eigenvalue weighted by Crippen LogP contribution is 2.28. The normalized spacial score (nSPS) is 18.1. The molecule has 3 amide bonds. The molecule has 1 aromatic heterocycles. The zero-order valence-corrected chi connectivity index (χ0v) is 20.1. The van der Waals surface area contributed by atoms with Gasteiger partial charge in [0.05, 0.1) is 5.69 Å². The van der Waals surface area contributed by atoms with E-state index in [1.807, 2.05) is 20.8 Å². The van der Waals surface area contributed by atoms with Crippen LogP contribution in [-0.2, 0) is 4.74 Å². The number of nitrogens with zero attached hydrogens (tertiary/aromatic N) is 1. The smallest absolute Gasteiger partial charge is 0.407 e. The number of carbonyl (C=O) groups is 3. The van der Waals surface area contributed by atoms with Gasteiger partial charge in [-0.2, -0.15) is 0 Å². The second-order valence-electron chi connectivity index (χ2n) is 9.85. The summed E-state index contributed by atoms with van der Waals surface area (Å²) in [6.07, 6.45) is 5.27. The van der Waals surface area contributed by atoms with E-state index in [2.05, 4.69) is 15.6 Å². The van der Waals surface area contributed by atoms with Crippen molar-refractivity contribution in [3.05, 3.63) is 53.7 Å². The van der Waals surface area contributed by atoms with Crippen molar-refractivity contribution >= 4 is 17.9 Å². The highest BCUT2D eigenvalue weighted by atomic mass is 16.6. The van der Waals surface area contributed by atoms with Gasteiger partial charge in [-0.1, -0.05) is 12.1 Å². The van der Waals surface area contributed by atoms with E-state index in [9.17, 15) is 14.4 Å². The molecule has 1 aromatic carbocycles. The Balaban J connectivity index is 1.44. The van der Waals surface area contributed by atoms with Gasteiger partial charge in [-0.3, -0.25) is 14.6 Å². The fourth-order valence-corrected chi connectivity index (χ4v) is 4.06. The molecular formula is C26H34N4O4. The van der Waals surface area contributed by atoms with Crippen LogP contribution in [0.2, 0.25) is 0 Å². The molecule has 34 heavy (non-hydrogen) atoms. The van der Waals surface area contributed by atoms with Crippen molar-refractivity contribution in [3.8, 4) is 11.3 Å². The van der Waals surface area contributed by atoms with Gasteiger partial charge in [0.2, 0.25) is 5.91 Å². The van der Waals surface area contributed by atoms with Crippen molar-refractivity contribution in [2.24, 2.45) is 17.6 Å². The summed E-state index contributed by atoms with van der Waals surface area (Å²) in [7, 11) is 0. The lowest BCUT2D eigenvalue weighted by molar-refractivity contribution is 0.0512. The second kappa shape index (κ2) is 11.1. The van der Waals surface area contributed by atoms with Crippen molar-refractivity contribution in [1.29, 1.82) is 0 Å². The maximum absolute atomic E-state index is 12.7. The van der Waals surface area contributed by atoms with Crippen LogP contribution in [0.1, 0.15) is 67.2 Å². The SMILES string of the molecule is CC(C)(C)OC(=O)NC[C@H]1CC[C@H](CNC(=O)c2ccnc(-c3ccc(C(N)=O)cc3)c2)CC1. The summed E-state index contributed by atoms with van der Waals surface area (Å²) in [6.45, 7) is 6.79. The molecule has 1 aliphatic carbocycles. The first-order chi connectivity index (χ1) is 16.1. The minimum atomic E-state index is -0.495. The number of primary amides is 1. The number of benzene rings is 1. The number of hydrogen-bond donors (Lipinski definition) is 3. The molecule has 182 valence electrons. The number of nitrogens with one attached hydrogen (secondary N) is 2. The number of carbonyl (C=O) groups excluding carboxylic acids is 3. The summed E-state index contributed by atoms with van der Waals surface area (Å²) < 4.78 is 5.29. The summed E-state index contributed by atoms with van der Waals surface area (Å²) in [5.41, 5.74) is 7.21. The third-order valence-corrected chi connectivity index (χ3v) is 5.94. The number of nitrogens with two attached hydrogens (primary N) is 1. The Kier molecular flexibility index (Phi) is 8.26. The minimum Gasteiger partial charge on any atom is -0.444 e. The summed E-state index contributed by atoms with van der Waals surface area (Å²) >= 11 is 0. The highest BCUT2D eigenvalue weighted by Gasteiger charge is 2.23. The molecule has 8 nitrogen and oxygen atoms in total. The van der Waals surface area contributed by atoms with E-state index in [1.54, 1.807) is 42.6 Å². The summed E-state index contributed by atoms with van der Waals surface area (Å²) in [5, 5.41) is 5.91. The van der Waals surface area contributed by atoms with Gasteiger partial charge in [0.1, 0.15) is 5.60 Å². The van der Waals surface area contributed by atoms with Crippen LogP contribution in [0.3, 0.4) is 0 Å². The molecule has 0 aliphatic heterocycles. The van der Waals surface area contributed by atoms with E-state index in [1.165, 1.54) is 0 Å². The van der Waals surface area contributed by atoms with Crippen LogP contribution in [0.4, 0.5) is 4.79 Å². The molecule has 0 bridgehead atoms. The van der Waals surface area contributed by atoms with Gasteiger partial charge in [0.25, 0.3) is 5.91 Å². The Bertz CT molecular complexity index is 1010. The average Bonchev–Trinajstić information content (AvgIpc) is 2.81. The van der Waals surface area contributed by atoms with Gasteiger partial charge in [-0.05, 0) is 82.6 Å². The lowest BCUT2D eigenvalue weighted by atomic mass is 9.82. The van der Waals surface area contributed by atoms with Gasteiger partial charge in [0, 0.05) is 36.0 Å². The first kappa shape index (κ1) is 25.2. The van der Waals surface area contributed by atoms with Gasteiger partial charge in [-0.15, -0.1) is 0 Å².